The van der Waals surface area contributed by atoms with Gasteiger partial charge in [-0.25, -0.2) is 8.42 Å². The Bertz CT molecular complexity index is 471. The van der Waals surface area contributed by atoms with Crippen LogP contribution >= 0.6 is 26.6 Å². The highest BCUT2D eigenvalue weighted by atomic mass is 79.9. The van der Waals surface area contributed by atoms with Gasteiger partial charge < -0.3 is 4.74 Å². The molecule has 0 unspecified atom stereocenters. The van der Waals surface area contributed by atoms with E-state index in [2.05, 4.69) is 15.9 Å². The van der Waals surface area contributed by atoms with Crippen molar-refractivity contribution in [3.05, 3.63) is 22.7 Å². The molecule has 0 radical (unpaired) electrons. The third kappa shape index (κ3) is 3.96. The minimum Gasteiger partial charge on any atom is -0.492 e. The second-order valence-electron chi connectivity index (χ2n) is 3.73. The maximum Gasteiger partial charge on any atom is 0.265 e. The summed E-state index contributed by atoms with van der Waals surface area (Å²) in [6.45, 7) is 4.41. The molecule has 0 aliphatic heterocycles. The van der Waals surface area contributed by atoms with E-state index in [1.807, 2.05) is 13.8 Å². The van der Waals surface area contributed by atoms with E-state index in [-0.39, 0.29) is 10.6 Å². The number of rotatable bonds is 4. The van der Waals surface area contributed by atoms with Crippen molar-refractivity contribution in [1.29, 1.82) is 0 Å². The third-order valence-corrected chi connectivity index (χ3v) is 3.58. The van der Waals surface area contributed by atoms with E-state index in [0.717, 1.165) is 0 Å². The van der Waals surface area contributed by atoms with Crippen LogP contribution in [0.1, 0.15) is 13.8 Å². The molecule has 0 bridgehead atoms. The Balaban J connectivity index is 3.09. The minimum absolute atomic E-state index is 0.0100. The molecule has 3 nitrogen and oxygen atoms in total. The number of hydrogen-bond acceptors (Lipinski definition) is 3. The van der Waals surface area contributed by atoms with Gasteiger partial charge in [0.15, 0.2) is 0 Å². The molecular weight excluding hydrogens is 316 g/mol. The molecule has 0 saturated heterocycles. The number of ether oxygens (including phenoxy) is 1. The van der Waals surface area contributed by atoms with Gasteiger partial charge in [-0.2, -0.15) is 0 Å². The number of benzene rings is 1. The van der Waals surface area contributed by atoms with Gasteiger partial charge in [-0.3, -0.25) is 0 Å². The molecule has 1 aromatic rings. The molecule has 1 rings (SSSR count). The summed E-state index contributed by atoms with van der Waals surface area (Å²) >= 11 is 3.19. The Morgan fingerprint density at radius 2 is 2.06 bits per heavy atom. The molecule has 0 saturated carbocycles. The van der Waals surface area contributed by atoms with Crippen molar-refractivity contribution in [2.75, 3.05) is 6.61 Å². The van der Waals surface area contributed by atoms with Gasteiger partial charge in [0.2, 0.25) is 0 Å². The lowest BCUT2D eigenvalue weighted by Crippen LogP contribution is -2.07. The summed E-state index contributed by atoms with van der Waals surface area (Å²) in [5.74, 6) is 0.599. The zero-order valence-corrected chi connectivity index (χ0v) is 12.1. The zero-order chi connectivity index (χ0) is 12.3. The number of halogens is 2. The minimum atomic E-state index is -3.79. The van der Waals surface area contributed by atoms with Crippen molar-refractivity contribution >= 4 is 35.7 Å². The first-order valence-electron chi connectivity index (χ1n) is 4.67. The first kappa shape index (κ1) is 13.8. The highest BCUT2D eigenvalue weighted by Crippen LogP contribution is 2.30. The summed E-state index contributed by atoms with van der Waals surface area (Å²) in [5, 5.41) is 0. The lowest BCUT2D eigenvalue weighted by molar-refractivity contribution is 0.264. The molecule has 0 atom stereocenters. The van der Waals surface area contributed by atoms with Gasteiger partial charge >= 0.3 is 0 Å². The largest absolute Gasteiger partial charge is 0.492 e. The summed E-state index contributed by atoms with van der Waals surface area (Å²) in [6, 6.07) is 4.72. The van der Waals surface area contributed by atoms with E-state index in [4.69, 9.17) is 15.4 Å². The van der Waals surface area contributed by atoms with Crippen LogP contribution in [0.2, 0.25) is 0 Å². The summed E-state index contributed by atoms with van der Waals surface area (Å²) < 4.78 is 28.7. The Morgan fingerprint density at radius 1 is 1.44 bits per heavy atom. The summed E-state index contributed by atoms with van der Waals surface area (Å²) in [7, 11) is 1.54. The normalized spacial score (nSPS) is 11.8. The van der Waals surface area contributed by atoms with Crippen LogP contribution in [-0.2, 0) is 9.05 Å². The quantitative estimate of drug-likeness (QED) is 0.796. The van der Waals surface area contributed by atoms with E-state index in [1.54, 1.807) is 12.1 Å². The number of hydrogen-bond donors (Lipinski definition) is 0. The summed E-state index contributed by atoms with van der Waals surface area (Å²) in [4.78, 5) is -0.0100. The van der Waals surface area contributed by atoms with Gasteiger partial charge in [0, 0.05) is 15.2 Å². The van der Waals surface area contributed by atoms with Crippen molar-refractivity contribution < 1.29 is 13.2 Å². The standard InChI is InChI=1S/C10H12BrClO3S/c1-7(2)6-15-9-4-3-8(11)5-10(9)16(12,13)14/h3-5,7H,6H2,1-2H3. The van der Waals surface area contributed by atoms with Crippen molar-refractivity contribution in [3.8, 4) is 5.75 Å². The zero-order valence-electron chi connectivity index (χ0n) is 8.91. The summed E-state index contributed by atoms with van der Waals surface area (Å²) in [5.41, 5.74) is 0. The molecule has 90 valence electrons. The van der Waals surface area contributed by atoms with Crippen LogP contribution in [-0.4, -0.2) is 15.0 Å². The van der Waals surface area contributed by atoms with E-state index in [1.165, 1.54) is 6.07 Å². The van der Waals surface area contributed by atoms with Crippen LogP contribution in [0, 0.1) is 5.92 Å². The van der Waals surface area contributed by atoms with Crippen LogP contribution in [0.4, 0.5) is 0 Å². The van der Waals surface area contributed by atoms with Crippen LogP contribution in [0.15, 0.2) is 27.6 Å². The van der Waals surface area contributed by atoms with Gasteiger partial charge in [-0.05, 0) is 24.1 Å². The molecule has 0 aliphatic carbocycles. The van der Waals surface area contributed by atoms with E-state index in [9.17, 15) is 8.42 Å². The lowest BCUT2D eigenvalue weighted by Gasteiger charge is -2.11. The fraction of sp³-hybridized carbons (Fsp3) is 0.400. The highest BCUT2D eigenvalue weighted by molar-refractivity contribution is 9.10. The molecule has 0 aromatic heterocycles. The molecule has 6 heteroatoms. The lowest BCUT2D eigenvalue weighted by atomic mass is 10.2. The van der Waals surface area contributed by atoms with E-state index in [0.29, 0.717) is 17.0 Å². The third-order valence-electron chi connectivity index (χ3n) is 1.74. The fourth-order valence-corrected chi connectivity index (χ4v) is 2.56. The van der Waals surface area contributed by atoms with Crippen molar-refractivity contribution in [1.82, 2.24) is 0 Å². The van der Waals surface area contributed by atoms with Crippen LogP contribution in [0.3, 0.4) is 0 Å². The van der Waals surface area contributed by atoms with Crippen molar-refractivity contribution in [2.45, 2.75) is 18.7 Å². The maximum absolute atomic E-state index is 11.3. The van der Waals surface area contributed by atoms with Crippen LogP contribution in [0.5, 0.6) is 5.75 Å². The molecule has 1 aromatic carbocycles. The molecule has 0 amide bonds. The Kier molecular flexibility index (Phi) is 4.64. The van der Waals surface area contributed by atoms with Gasteiger partial charge in [0.1, 0.15) is 10.6 Å². The second kappa shape index (κ2) is 5.38. The van der Waals surface area contributed by atoms with Crippen LogP contribution < -0.4 is 4.74 Å². The molecule has 0 heterocycles. The first-order valence-corrected chi connectivity index (χ1v) is 7.78. The fourth-order valence-electron chi connectivity index (χ4n) is 1.05. The van der Waals surface area contributed by atoms with Crippen molar-refractivity contribution in [2.24, 2.45) is 5.92 Å². The maximum atomic E-state index is 11.3. The molecule has 0 aliphatic rings. The first-order chi connectivity index (χ1) is 7.30. The molecule has 0 N–H and O–H groups in total. The topological polar surface area (TPSA) is 43.4 Å². The van der Waals surface area contributed by atoms with Gasteiger partial charge in [-0.15, -0.1) is 0 Å². The highest BCUT2D eigenvalue weighted by Gasteiger charge is 2.17. The molecule has 0 spiro atoms. The monoisotopic (exact) mass is 326 g/mol. The van der Waals surface area contributed by atoms with Gasteiger partial charge in [0.05, 0.1) is 6.61 Å². The average Bonchev–Trinajstić information content (AvgIpc) is 2.14. The van der Waals surface area contributed by atoms with Gasteiger partial charge in [-0.1, -0.05) is 29.8 Å². The van der Waals surface area contributed by atoms with E-state index < -0.39 is 9.05 Å². The molecular formula is C10H12BrClO3S. The smallest absolute Gasteiger partial charge is 0.265 e. The Morgan fingerprint density at radius 3 is 2.56 bits per heavy atom. The van der Waals surface area contributed by atoms with E-state index >= 15 is 0 Å². The van der Waals surface area contributed by atoms with Crippen molar-refractivity contribution in [3.63, 3.8) is 0 Å². The SMILES string of the molecule is CC(C)COc1ccc(Br)cc1S(=O)(=O)Cl. The Hall–Kier alpha value is -0.260. The molecule has 0 fully saturated rings. The molecule has 16 heavy (non-hydrogen) atoms. The summed E-state index contributed by atoms with van der Waals surface area (Å²) in [6.07, 6.45) is 0. The van der Waals surface area contributed by atoms with Gasteiger partial charge in [0.25, 0.3) is 9.05 Å². The predicted molar refractivity (Wildman–Crippen MR) is 67.5 cm³/mol. The van der Waals surface area contributed by atoms with Crippen LogP contribution in [0.25, 0.3) is 0 Å². The second-order valence-corrected chi connectivity index (χ2v) is 7.18. The Labute approximate surface area is 108 Å². The average molecular weight is 328 g/mol. The predicted octanol–water partition coefficient (Wildman–Crippen LogP) is 3.41.